The van der Waals surface area contributed by atoms with Crippen molar-refractivity contribution in [3.8, 4) is 0 Å². The highest BCUT2D eigenvalue weighted by molar-refractivity contribution is 5.67. The van der Waals surface area contributed by atoms with Crippen LogP contribution >= 0.6 is 0 Å². The van der Waals surface area contributed by atoms with Gasteiger partial charge in [-0.25, -0.2) is 4.79 Å². The van der Waals surface area contributed by atoms with Gasteiger partial charge in [-0.2, -0.15) is 0 Å². The lowest BCUT2D eigenvalue weighted by molar-refractivity contribution is -0.0313. The minimum atomic E-state index is -0.479. The van der Waals surface area contributed by atoms with E-state index in [0.717, 1.165) is 19.6 Å². The number of benzene rings is 1. The van der Waals surface area contributed by atoms with E-state index in [9.17, 15) is 4.79 Å². The molecule has 0 aliphatic carbocycles. The zero-order valence-corrected chi connectivity index (χ0v) is 15.5. The summed E-state index contributed by atoms with van der Waals surface area (Å²) < 4.78 is 11.0. The lowest BCUT2D eigenvalue weighted by Crippen LogP contribution is -2.47. The Balaban J connectivity index is 1.81. The third-order valence-corrected chi connectivity index (χ3v) is 4.07. The van der Waals surface area contributed by atoms with Gasteiger partial charge in [0, 0.05) is 26.2 Å². The Morgan fingerprint density at radius 3 is 2.75 bits per heavy atom. The lowest BCUT2D eigenvalue weighted by atomic mass is 10.1. The molecule has 1 fully saturated rings. The minimum Gasteiger partial charge on any atom is -0.444 e. The second-order valence-electron chi connectivity index (χ2n) is 7.53. The van der Waals surface area contributed by atoms with E-state index in [1.54, 1.807) is 0 Å². The summed E-state index contributed by atoms with van der Waals surface area (Å²) in [6, 6.07) is 6.61. The number of nitrogens with one attached hydrogen (secondary N) is 1. The Morgan fingerprint density at radius 1 is 1.33 bits per heavy atom. The first-order valence-electron chi connectivity index (χ1n) is 8.60. The third-order valence-electron chi connectivity index (χ3n) is 4.07. The fourth-order valence-electron chi connectivity index (χ4n) is 2.72. The lowest BCUT2D eigenvalue weighted by Gasteiger charge is -2.33. The number of aryl methyl sites for hydroxylation is 2. The Labute approximate surface area is 145 Å². The Morgan fingerprint density at radius 2 is 2.08 bits per heavy atom. The molecule has 1 aromatic rings. The molecular formula is C19H30N2O3. The highest BCUT2D eigenvalue weighted by Crippen LogP contribution is 2.14. The van der Waals surface area contributed by atoms with Crippen LogP contribution < -0.4 is 5.32 Å². The molecule has 0 saturated carbocycles. The van der Waals surface area contributed by atoms with Crippen molar-refractivity contribution in [3.05, 3.63) is 34.9 Å². The van der Waals surface area contributed by atoms with Gasteiger partial charge in [0.1, 0.15) is 5.60 Å². The largest absolute Gasteiger partial charge is 0.444 e. The molecule has 0 bridgehead atoms. The van der Waals surface area contributed by atoms with Gasteiger partial charge in [-0.3, -0.25) is 4.90 Å². The number of hydrogen-bond donors (Lipinski definition) is 1. The molecule has 1 aliphatic rings. The van der Waals surface area contributed by atoms with E-state index in [0.29, 0.717) is 13.2 Å². The number of alkyl carbamates (subject to hydrolysis) is 1. The van der Waals surface area contributed by atoms with Crippen molar-refractivity contribution in [3.63, 3.8) is 0 Å². The van der Waals surface area contributed by atoms with Gasteiger partial charge in [-0.15, -0.1) is 0 Å². The topological polar surface area (TPSA) is 50.8 Å². The zero-order chi connectivity index (χ0) is 17.7. The fraction of sp³-hybridized carbons (Fsp3) is 0.632. The molecule has 1 aliphatic heterocycles. The number of carbonyl (C=O) groups is 1. The maximum Gasteiger partial charge on any atom is 0.407 e. The van der Waals surface area contributed by atoms with Crippen molar-refractivity contribution in [2.45, 2.75) is 52.9 Å². The molecule has 134 valence electrons. The number of amides is 1. The third kappa shape index (κ3) is 6.13. The second kappa shape index (κ2) is 7.99. The van der Waals surface area contributed by atoms with E-state index in [2.05, 4.69) is 42.3 Å². The summed E-state index contributed by atoms with van der Waals surface area (Å²) in [5.74, 6) is 0. The molecule has 0 spiro atoms. The van der Waals surface area contributed by atoms with Crippen molar-refractivity contribution in [2.24, 2.45) is 0 Å². The Bertz CT molecular complexity index is 566. The SMILES string of the molecule is Cc1ccc(CN2CCO[C@@H](CNC(=O)OC(C)(C)C)C2)cc1C. The van der Waals surface area contributed by atoms with E-state index in [1.165, 1.54) is 16.7 Å². The average molecular weight is 334 g/mol. The van der Waals surface area contributed by atoms with Crippen LogP contribution in [0.15, 0.2) is 18.2 Å². The molecule has 0 aromatic heterocycles. The molecule has 0 unspecified atom stereocenters. The highest BCUT2D eigenvalue weighted by Gasteiger charge is 2.22. The fourth-order valence-corrected chi connectivity index (χ4v) is 2.72. The van der Waals surface area contributed by atoms with Gasteiger partial charge in [0.2, 0.25) is 0 Å². The van der Waals surface area contributed by atoms with Gasteiger partial charge >= 0.3 is 6.09 Å². The van der Waals surface area contributed by atoms with Gasteiger partial charge in [0.25, 0.3) is 0 Å². The van der Waals surface area contributed by atoms with Gasteiger partial charge in [0.15, 0.2) is 0 Å². The molecule has 2 rings (SSSR count). The molecule has 5 heteroatoms. The quantitative estimate of drug-likeness (QED) is 0.919. The van der Waals surface area contributed by atoms with Gasteiger partial charge in [-0.1, -0.05) is 18.2 Å². The number of carbonyl (C=O) groups excluding carboxylic acids is 1. The smallest absolute Gasteiger partial charge is 0.407 e. The predicted octanol–water partition coefficient (Wildman–Crippen LogP) is 3.03. The number of nitrogens with zero attached hydrogens (tertiary/aromatic N) is 1. The van der Waals surface area contributed by atoms with Crippen LogP contribution in [0.4, 0.5) is 4.79 Å². The monoisotopic (exact) mass is 334 g/mol. The summed E-state index contributed by atoms with van der Waals surface area (Å²) in [6.45, 7) is 13.6. The summed E-state index contributed by atoms with van der Waals surface area (Å²) in [7, 11) is 0. The van der Waals surface area contributed by atoms with Crippen molar-refractivity contribution >= 4 is 6.09 Å². The number of rotatable bonds is 4. The first kappa shape index (κ1) is 18.7. The maximum atomic E-state index is 11.7. The number of ether oxygens (including phenoxy) is 2. The zero-order valence-electron chi connectivity index (χ0n) is 15.5. The summed E-state index contributed by atoms with van der Waals surface area (Å²) >= 11 is 0. The molecule has 1 N–H and O–H groups in total. The summed E-state index contributed by atoms with van der Waals surface area (Å²) in [6.07, 6.45) is -0.393. The average Bonchev–Trinajstić information content (AvgIpc) is 2.48. The number of hydrogen-bond acceptors (Lipinski definition) is 4. The van der Waals surface area contributed by atoms with Crippen LogP contribution in [0.5, 0.6) is 0 Å². The van der Waals surface area contributed by atoms with Crippen LogP contribution in [-0.4, -0.2) is 48.9 Å². The molecule has 1 amide bonds. The van der Waals surface area contributed by atoms with Crippen molar-refractivity contribution in [1.82, 2.24) is 10.2 Å². The predicted molar refractivity (Wildman–Crippen MR) is 95.2 cm³/mol. The van der Waals surface area contributed by atoms with Crippen LogP contribution in [0.2, 0.25) is 0 Å². The van der Waals surface area contributed by atoms with E-state index in [-0.39, 0.29) is 6.10 Å². The number of morpholine rings is 1. The van der Waals surface area contributed by atoms with E-state index in [4.69, 9.17) is 9.47 Å². The van der Waals surface area contributed by atoms with E-state index in [1.807, 2.05) is 20.8 Å². The Hall–Kier alpha value is -1.59. The van der Waals surface area contributed by atoms with Crippen LogP contribution in [0.25, 0.3) is 0 Å². The van der Waals surface area contributed by atoms with Gasteiger partial charge < -0.3 is 14.8 Å². The second-order valence-corrected chi connectivity index (χ2v) is 7.53. The molecule has 1 aromatic carbocycles. The van der Waals surface area contributed by atoms with Crippen molar-refractivity contribution in [1.29, 1.82) is 0 Å². The summed E-state index contributed by atoms with van der Waals surface area (Å²) in [5, 5.41) is 2.80. The molecule has 1 heterocycles. The summed E-state index contributed by atoms with van der Waals surface area (Å²) in [5.41, 5.74) is 3.48. The maximum absolute atomic E-state index is 11.7. The molecule has 1 atom stereocenters. The highest BCUT2D eigenvalue weighted by atomic mass is 16.6. The van der Waals surface area contributed by atoms with Crippen LogP contribution in [0, 0.1) is 13.8 Å². The van der Waals surface area contributed by atoms with Crippen LogP contribution in [0.1, 0.15) is 37.5 Å². The van der Waals surface area contributed by atoms with Crippen LogP contribution in [0.3, 0.4) is 0 Å². The van der Waals surface area contributed by atoms with Crippen molar-refractivity contribution in [2.75, 3.05) is 26.2 Å². The standard InChI is InChI=1S/C19H30N2O3/c1-14-6-7-16(10-15(14)2)12-21-8-9-23-17(13-21)11-20-18(22)24-19(3,4)5/h6-7,10,17H,8-9,11-13H2,1-5H3,(H,20,22)/t17-/m0/s1. The van der Waals surface area contributed by atoms with E-state index >= 15 is 0 Å². The Kier molecular flexibility index (Phi) is 6.24. The normalized spacial score (nSPS) is 19.1. The molecular weight excluding hydrogens is 304 g/mol. The molecule has 24 heavy (non-hydrogen) atoms. The van der Waals surface area contributed by atoms with Crippen molar-refractivity contribution < 1.29 is 14.3 Å². The first-order chi connectivity index (χ1) is 11.2. The first-order valence-corrected chi connectivity index (χ1v) is 8.60. The van der Waals surface area contributed by atoms with E-state index < -0.39 is 11.7 Å². The molecule has 1 saturated heterocycles. The minimum absolute atomic E-state index is 0.00202. The van der Waals surface area contributed by atoms with Gasteiger partial charge in [-0.05, 0) is 51.3 Å². The van der Waals surface area contributed by atoms with Crippen LogP contribution in [-0.2, 0) is 16.0 Å². The van der Waals surface area contributed by atoms with Gasteiger partial charge in [0.05, 0.1) is 12.7 Å². The summed E-state index contributed by atoms with van der Waals surface area (Å²) in [4.78, 5) is 14.1. The molecule has 5 nitrogen and oxygen atoms in total. The molecule has 0 radical (unpaired) electrons.